The summed E-state index contributed by atoms with van der Waals surface area (Å²) in [7, 11) is -3.18. The second kappa shape index (κ2) is 8.92. The normalized spacial score (nSPS) is 17.0. The van der Waals surface area contributed by atoms with Crippen LogP contribution in [-0.2, 0) is 9.84 Å². The predicted molar refractivity (Wildman–Crippen MR) is 129 cm³/mol. The number of likely N-dealkylation sites (tertiary alicyclic amines) is 1. The number of halogens is 3. The third-order valence-electron chi connectivity index (χ3n) is 6.45. The average Bonchev–Trinajstić information content (AvgIpc) is 3.31. The molecule has 14 heteroatoms. The van der Waals surface area contributed by atoms with Gasteiger partial charge in [0.15, 0.2) is 27.2 Å². The van der Waals surface area contributed by atoms with E-state index in [4.69, 9.17) is 11.6 Å². The minimum Gasteiger partial charge on any atom is -0.340 e. The maximum atomic E-state index is 13.5. The Morgan fingerprint density at radius 2 is 1.59 bits per heavy atom. The molecule has 3 N–H and O–H groups in total. The number of carbonyl (C=O) groups excluding carboxylic acids is 3. The van der Waals surface area contributed by atoms with Crippen molar-refractivity contribution in [2.45, 2.75) is 11.2 Å². The molecule has 5 rings (SSSR count). The molecular formula is C23H18ClF2N5O5S. The summed E-state index contributed by atoms with van der Waals surface area (Å²) in [6.07, 6.45) is 1.71. The van der Waals surface area contributed by atoms with Gasteiger partial charge in [0.25, 0.3) is 17.7 Å². The molecule has 3 aromatic rings. The van der Waals surface area contributed by atoms with Crippen molar-refractivity contribution in [2.24, 2.45) is 0 Å². The molecule has 0 aliphatic carbocycles. The van der Waals surface area contributed by atoms with Crippen LogP contribution in [0.4, 0.5) is 20.2 Å². The van der Waals surface area contributed by atoms with Gasteiger partial charge in [-0.1, -0.05) is 11.6 Å². The number of hydrogen-bond acceptors (Lipinski definition) is 6. The molecule has 3 amide bonds. The second-order valence-electron chi connectivity index (χ2n) is 8.77. The minimum absolute atomic E-state index is 0.0589. The lowest BCUT2D eigenvalue weighted by atomic mass is 9.94. The number of nitrogens with zero attached hydrogens (tertiary/aromatic N) is 2. The Morgan fingerprint density at radius 1 is 1.00 bits per heavy atom. The van der Waals surface area contributed by atoms with Gasteiger partial charge in [0.1, 0.15) is 10.4 Å². The van der Waals surface area contributed by atoms with Gasteiger partial charge >= 0.3 is 0 Å². The van der Waals surface area contributed by atoms with E-state index in [0.717, 1.165) is 0 Å². The summed E-state index contributed by atoms with van der Waals surface area (Å²) in [5.74, 6) is -4.24. The van der Waals surface area contributed by atoms with Crippen molar-refractivity contribution in [3.63, 3.8) is 0 Å². The molecular weight excluding hydrogens is 532 g/mol. The summed E-state index contributed by atoms with van der Waals surface area (Å²) in [5.41, 5.74) is 0.136. The molecule has 2 aliphatic rings. The van der Waals surface area contributed by atoms with Crippen LogP contribution in [0.5, 0.6) is 0 Å². The molecule has 2 saturated heterocycles. The molecule has 0 unspecified atom stereocenters. The molecule has 0 atom stereocenters. The fourth-order valence-corrected chi connectivity index (χ4v) is 6.27. The fourth-order valence-electron chi connectivity index (χ4n) is 4.21. The van der Waals surface area contributed by atoms with Gasteiger partial charge in [-0.15, -0.1) is 0 Å². The van der Waals surface area contributed by atoms with Gasteiger partial charge in [-0.05, 0) is 42.8 Å². The van der Waals surface area contributed by atoms with Crippen LogP contribution in [0.3, 0.4) is 0 Å². The fraction of sp³-hybridized carbons (Fsp3) is 0.217. The molecule has 1 aromatic heterocycles. The molecule has 2 aliphatic heterocycles. The van der Waals surface area contributed by atoms with Gasteiger partial charge in [-0.25, -0.2) is 22.2 Å². The van der Waals surface area contributed by atoms with E-state index in [9.17, 15) is 31.6 Å². The van der Waals surface area contributed by atoms with Crippen LogP contribution < -0.4 is 10.6 Å². The van der Waals surface area contributed by atoms with Gasteiger partial charge in [0.2, 0.25) is 0 Å². The molecule has 0 saturated carbocycles. The maximum Gasteiger partial charge on any atom is 0.276 e. The van der Waals surface area contributed by atoms with Gasteiger partial charge in [-0.3, -0.25) is 14.4 Å². The molecule has 192 valence electrons. The average molecular weight is 550 g/mol. The lowest BCUT2D eigenvalue weighted by molar-refractivity contribution is 0.0512. The highest BCUT2D eigenvalue weighted by Gasteiger charge is 2.61. The zero-order valence-electron chi connectivity index (χ0n) is 18.8. The quantitative estimate of drug-likeness (QED) is 0.418. The summed E-state index contributed by atoms with van der Waals surface area (Å²) in [5, 5.41) is 4.82. The lowest BCUT2D eigenvalue weighted by Gasteiger charge is -2.54. The summed E-state index contributed by atoms with van der Waals surface area (Å²) in [6, 6.07) is 7.24. The number of benzene rings is 2. The largest absolute Gasteiger partial charge is 0.340 e. The highest BCUT2D eigenvalue weighted by Crippen LogP contribution is 2.42. The number of nitrogens with one attached hydrogen (secondary N) is 3. The Hall–Kier alpha value is -3.84. The van der Waals surface area contributed by atoms with E-state index in [1.165, 1.54) is 35.5 Å². The van der Waals surface area contributed by atoms with Crippen molar-refractivity contribution in [3.8, 4) is 0 Å². The number of hydrogen-bond donors (Lipinski definition) is 3. The van der Waals surface area contributed by atoms with E-state index in [2.05, 4.69) is 20.6 Å². The maximum absolute atomic E-state index is 13.5. The van der Waals surface area contributed by atoms with Crippen LogP contribution in [0.1, 0.15) is 37.8 Å². The summed E-state index contributed by atoms with van der Waals surface area (Å²) in [4.78, 5) is 45.9. The van der Waals surface area contributed by atoms with E-state index in [1.807, 2.05) is 0 Å². The van der Waals surface area contributed by atoms with Crippen molar-refractivity contribution in [2.75, 3.05) is 29.5 Å². The van der Waals surface area contributed by atoms with Crippen molar-refractivity contribution in [3.05, 3.63) is 76.3 Å². The van der Waals surface area contributed by atoms with Crippen LogP contribution >= 0.6 is 11.6 Å². The number of imidazole rings is 1. The Balaban J connectivity index is 1.22. The molecule has 1 spiro atoms. The van der Waals surface area contributed by atoms with E-state index in [1.54, 1.807) is 0 Å². The highest BCUT2D eigenvalue weighted by atomic mass is 35.5. The number of rotatable bonds is 5. The first-order chi connectivity index (χ1) is 17.5. The second-order valence-corrected chi connectivity index (χ2v) is 11.7. The molecule has 10 nitrogen and oxygen atoms in total. The number of aromatic amines is 1. The van der Waals surface area contributed by atoms with Crippen molar-refractivity contribution in [1.29, 1.82) is 0 Å². The number of anilines is 2. The van der Waals surface area contributed by atoms with Crippen molar-refractivity contribution in [1.82, 2.24) is 14.9 Å². The van der Waals surface area contributed by atoms with Crippen LogP contribution in [0, 0.1) is 11.6 Å². The van der Waals surface area contributed by atoms with Crippen LogP contribution in [-0.4, -0.2) is 64.6 Å². The molecule has 37 heavy (non-hydrogen) atoms. The number of amides is 3. The van der Waals surface area contributed by atoms with Gasteiger partial charge in [-0.2, -0.15) is 0 Å². The van der Waals surface area contributed by atoms with E-state index in [0.29, 0.717) is 24.2 Å². The lowest BCUT2D eigenvalue weighted by Crippen LogP contribution is -2.72. The smallest absolute Gasteiger partial charge is 0.276 e. The van der Waals surface area contributed by atoms with E-state index < -0.39 is 43.9 Å². The Bertz CT molecular complexity index is 1550. The molecule has 0 bridgehead atoms. The first-order valence-corrected chi connectivity index (χ1v) is 12.9. The molecule has 3 heterocycles. The zero-order valence-corrected chi connectivity index (χ0v) is 20.4. The summed E-state index contributed by atoms with van der Waals surface area (Å²) >= 11 is 5.82. The third-order valence-corrected chi connectivity index (χ3v) is 9.29. The third kappa shape index (κ3) is 4.33. The van der Waals surface area contributed by atoms with Gasteiger partial charge in [0.05, 0.1) is 22.7 Å². The van der Waals surface area contributed by atoms with Gasteiger partial charge in [0, 0.05) is 24.5 Å². The minimum atomic E-state index is -3.18. The van der Waals surface area contributed by atoms with Crippen LogP contribution in [0.25, 0.3) is 0 Å². The molecule has 0 radical (unpaired) electrons. The SMILES string of the molecule is O=C(Nc1ccc(NC(=O)c2nc[nH]c2C(=O)N2CC3(CCS3(=O)=O)C2)cc1)c1cc(F)c(F)cc1Cl. The first-order valence-electron chi connectivity index (χ1n) is 10.9. The Morgan fingerprint density at radius 3 is 2.16 bits per heavy atom. The van der Waals surface area contributed by atoms with E-state index >= 15 is 0 Å². The van der Waals surface area contributed by atoms with Crippen molar-refractivity contribution < 1.29 is 31.6 Å². The Kier molecular flexibility index (Phi) is 5.99. The predicted octanol–water partition coefficient (Wildman–Crippen LogP) is 2.86. The zero-order chi connectivity index (χ0) is 26.5. The summed E-state index contributed by atoms with van der Waals surface area (Å²) in [6.45, 7) is 0.161. The molecule has 2 fully saturated rings. The monoisotopic (exact) mass is 549 g/mol. The topological polar surface area (TPSA) is 141 Å². The van der Waals surface area contributed by atoms with Crippen LogP contribution in [0.2, 0.25) is 5.02 Å². The number of H-pyrrole nitrogens is 1. The number of aromatic nitrogens is 2. The van der Waals surface area contributed by atoms with Gasteiger partial charge < -0.3 is 20.5 Å². The number of carbonyl (C=O) groups is 3. The summed E-state index contributed by atoms with van der Waals surface area (Å²) < 4.78 is 49.8. The molecule has 2 aromatic carbocycles. The van der Waals surface area contributed by atoms with Crippen LogP contribution in [0.15, 0.2) is 42.7 Å². The Labute approximate surface area is 213 Å². The van der Waals surface area contributed by atoms with Crippen molar-refractivity contribution >= 4 is 50.5 Å². The standard InChI is InChI=1S/C23H18ClF2N5O5S/c24-15-8-17(26)16(25)7-14(15)20(32)29-12-1-3-13(4-2-12)30-21(33)18-19(28-11-27-18)22(34)31-9-23(10-31)5-6-37(23,35)36/h1-4,7-8,11H,5-6,9-10H2,(H,27,28)(H,29,32)(H,30,33). The number of sulfone groups is 1. The van der Waals surface area contributed by atoms with E-state index in [-0.39, 0.29) is 46.5 Å². The highest BCUT2D eigenvalue weighted by molar-refractivity contribution is 7.94. The first kappa shape index (κ1) is 24.8.